The molecule has 1 saturated heterocycles. The number of likely N-dealkylation sites (tertiary alicyclic amines) is 1. The fourth-order valence-electron chi connectivity index (χ4n) is 2.43. The van der Waals surface area contributed by atoms with Crippen LogP contribution in [0.3, 0.4) is 0 Å². The molecule has 17 heavy (non-hydrogen) atoms. The van der Waals surface area contributed by atoms with Crippen LogP contribution in [0.5, 0.6) is 0 Å². The van der Waals surface area contributed by atoms with Gasteiger partial charge in [-0.05, 0) is 45.3 Å². The van der Waals surface area contributed by atoms with Crippen molar-refractivity contribution in [2.24, 2.45) is 16.8 Å². The van der Waals surface area contributed by atoms with Gasteiger partial charge < -0.3 is 21.2 Å². The van der Waals surface area contributed by atoms with Crippen molar-refractivity contribution in [2.75, 3.05) is 26.7 Å². The maximum atomic E-state index is 8.40. The quantitative estimate of drug-likeness (QED) is 0.212. The highest BCUT2D eigenvalue weighted by Crippen LogP contribution is 2.15. The van der Waals surface area contributed by atoms with Crippen LogP contribution in [0.15, 0.2) is 5.16 Å². The monoisotopic (exact) mass is 242 g/mol. The summed E-state index contributed by atoms with van der Waals surface area (Å²) in [4.78, 5) is 2.39. The zero-order valence-electron chi connectivity index (χ0n) is 11.0. The Bertz CT molecular complexity index is 245. The number of nitrogens with zero attached hydrogens (tertiary/aromatic N) is 2. The highest BCUT2D eigenvalue weighted by Gasteiger charge is 2.22. The summed E-state index contributed by atoms with van der Waals surface area (Å²) in [6.07, 6.45) is 3.97. The van der Waals surface area contributed by atoms with Gasteiger partial charge in [-0.15, -0.1) is 0 Å². The lowest BCUT2D eigenvalue weighted by molar-refractivity contribution is 0.175. The minimum atomic E-state index is 0.331. The predicted molar refractivity (Wildman–Crippen MR) is 70.3 cm³/mol. The number of rotatable bonds is 6. The summed E-state index contributed by atoms with van der Waals surface area (Å²) in [6.45, 7) is 5.70. The van der Waals surface area contributed by atoms with E-state index in [1.165, 1.54) is 19.5 Å². The molecule has 0 radical (unpaired) electrons. The van der Waals surface area contributed by atoms with E-state index in [-0.39, 0.29) is 0 Å². The SMILES string of the molecule is CC1CN(C)CCC1NCCCCC(N)=NO. The zero-order chi connectivity index (χ0) is 12.7. The van der Waals surface area contributed by atoms with Crippen LogP contribution in [0.2, 0.25) is 0 Å². The van der Waals surface area contributed by atoms with Crippen molar-refractivity contribution in [3.63, 3.8) is 0 Å². The van der Waals surface area contributed by atoms with Crippen molar-refractivity contribution in [3.8, 4) is 0 Å². The number of nitrogens with one attached hydrogen (secondary N) is 1. The Balaban J connectivity index is 2.06. The van der Waals surface area contributed by atoms with E-state index in [4.69, 9.17) is 10.9 Å². The van der Waals surface area contributed by atoms with Crippen molar-refractivity contribution in [1.82, 2.24) is 10.2 Å². The molecule has 5 nitrogen and oxygen atoms in total. The Morgan fingerprint density at radius 2 is 2.29 bits per heavy atom. The highest BCUT2D eigenvalue weighted by atomic mass is 16.4. The van der Waals surface area contributed by atoms with Crippen LogP contribution < -0.4 is 11.1 Å². The van der Waals surface area contributed by atoms with E-state index in [1.54, 1.807) is 0 Å². The number of hydrogen-bond acceptors (Lipinski definition) is 4. The molecule has 1 rings (SSSR count). The molecule has 100 valence electrons. The maximum absolute atomic E-state index is 8.40. The van der Waals surface area contributed by atoms with Crippen LogP contribution in [0.1, 0.15) is 32.6 Å². The second-order valence-electron chi connectivity index (χ2n) is 5.14. The van der Waals surface area contributed by atoms with Crippen molar-refractivity contribution in [3.05, 3.63) is 0 Å². The molecule has 0 bridgehead atoms. The lowest BCUT2D eigenvalue weighted by Crippen LogP contribution is -2.47. The zero-order valence-corrected chi connectivity index (χ0v) is 11.0. The molecule has 0 aromatic carbocycles. The van der Waals surface area contributed by atoms with E-state index >= 15 is 0 Å². The molecular weight excluding hydrogens is 216 g/mol. The summed E-state index contributed by atoms with van der Waals surface area (Å²) in [5.41, 5.74) is 5.41. The summed E-state index contributed by atoms with van der Waals surface area (Å²) < 4.78 is 0. The predicted octanol–water partition coefficient (Wildman–Crippen LogP) is 0.833. The van der Waals surface area contributed by atoms with Crippen LogP contribution in [0, 0.1) is 5.92 Å². The third-order valence-corrected chi connectivity index (χ3v) is 3.50. The smallest absolute Gasteiger partial charge is 0.139 e. The van der Waals surface area contributed by atoms with Crippen LogP contribution >= 0.6 is 0 Å². The Labute approximate surface area is 104 Å². The average Bonchev–Trinajstić information content (AvgIpc) is 2.30. The summed E-state index contributed by atoms with van der Waals surface area (Å²) in [5.74, 6) is 1.05. The molecule has 1 aliphatic rings. The first-order valence-electron chi connectivity index (χ1n) is 6.51. The van der Waals surface area contributed by atoms with Crippen LogP contribution in [0.4, 0.5) is 0 Å². The van der Waals surface area contributed by atoms with Crippen LogP contribution in [-0.4, -0.2) is 48.7 Å². The van der Waals surface area contributed by atoms with E-state index in [1.807, 2.05) is 0 Å². The minimum absolute atomic E-state index is 0.331. The number of nitrogens with two attached hydrogens (primary N) is 1. The average molecular weight is 242 g/mol. The van der Waals surface area contributed by atoms with Gasteiger partial charge in [0.25, 0.3) is 0 Å². The molecule has 2 atom stereocenters. The van der Waals surface area contributed by atoms with E-state index in [0.29, 0.717) is 18.3 Å². The third-order valence-electron chi connectivity index (χ3n) is 3.50. The fourth-order valence-corrected chi connectivity index (χ4v) is 2.43. The van der Waals surface area contributed by atoms with Gasteiger partial charge in [0.1, 0.15) is 5.84 Å². The fraction of sp³-hybridized carbons (Fsp3) is 0.917. The molecule has 2 unspecified atom stereocenters. The van der Waals surface area contributed by atoms with E-state index in [0.717, 1.165) is 25.3 Å². The Morgan fingerprint density at radius 1 is 1.53 bits per heavy atom. The lowest BCUT2D eigenvalue weighted by atomic mass is 9.94. The van der Waals surface area contributed by atoms with E-state index < -0.39 is 0 Å². The summed E-state index contributed by atoms with van der Waals surface area (Å²) in [5, 5.41) is 15.0. The lowest BCUT2D eigenvalue weighted by Gasteiger charge is -2.35. The summed E-state index contributed by atoms with van der Waals surface area (Å²) >= 11 is 0. The van der Waals surface area contributed by atoms with Crippen molar-refractivity contribution < 1.29 is 5.21 Å². The van der Waals surface area contributed by atoms with Gasteiger partial charge in [-0.2, -0.15) is 0 Å². The minimum Gasteiger partial charge on any atom is -0.409 e. The molecule has 1 fully saturated rings. The second-order valence-corrected chi connectivity index (χ2v) is 5.14. The van der Waals surface area contributed by atoms with Gasteiger partial charge in [-0.3, -0.25) is 0 Å². The number of oxime groups is 1. The van der Waals surface area contributed by atoms with Gasteiger partial charge in [0, 0.05) is 19.0 Å². The third kappa shape index (κ3) is 5.37. The highest BCUT2D eigenvalue weighted by molar-refractivity contribution is 5.79. The molecule has 0 aromatic heterocycles. The Kier molecular flexibility index (Phi) is 6.29. The van der Waals surface area contributed by atoms with E-state index in [2.05, 4.69) is 29.3 Å². The molecule has 0 amide bonds. The summed E-state index contributed by atoms with van der Waals surface area (Å²) in [6, 6.07) is 0.648. The summed E-state index contributed by atoms with van der Waals surface area (Å²) in [7, 11) is 2.18. The number of unbranched alkanes of at least 4 members (excludes halogenated alkanes) is 1. The van der Waals surface area contributed by atoms with Gasteiger partial charge in [0.05, 0.1) is 0 Å². The van der Waals surface area contributed by atoms with Gasteiger partial charge in [0.2, 0.25) is 0 Å². The standard InChI is InChI=1S/C12H26N4O/c1-10-9-16(2)8-6-11(10)14-7-4-3-5-12(13)15-17/h10-11,14,17H,3-9H2,1-2H3,(H2,13,15). The molecule has 0 aliphatic carbocycles. The number of hydrogen-bond donors (Lipinski definition) is 3. The van der Waals surface area contributed by atoms with Crippen LogP contribution in [0.25, 0.3) is 0 Å². The van der Waals surface area contributed by atoms with Crippen molar-refractivity contribution >= 4 is 5.84 Å². The molecule has 1 heterocycles. The van der Waals surface area contributed by atoms with Crippen LogP contribution in [-0.2, 0) is 0 Å². The van der Waals surface area contributed by atoms with Crippen molar-refractivity contribution in [1.29, 1.82) is 0 Å². The Morgan fingerprint density at radius 3 is 2.94 bits per heavy atom. The maximum Gasteiger partial charge on any atom is 0.139 e. The molecule has 0 aromatic rings. The molecule has 5 heteroatoms. The Hall–Kier alpha value is -0.810. The van der Waals surface area contributed by atoms with Gasteiger partial charge in [-0.1, -0.05) is 12.1 Å². The first-order chi connectivity index (χ1) is 8.13. The molecule has 0 saturated carbocycles. The van der Waals surface area contributed by atoms with Gasteiger partial charge in [-0.25, -0.2) is 0 Å². The second kappa shape index (κ2) is 7.50. The largest absolute Gasteiger partial charge is 0.409 e. The first kappa shape index (κ1) is 14.3. The first-order valence-corrected chi connectivity index (χ1v) is 6.51. The van der Waals surface area contributed by atoms with Crippen molar-refractivity contribution in [2.45, 2.75) is 38.6 Å². The molecule has 4 N–H and O–H groups in total. The normalized spacial score (nSPS) is 27.3. The molecule has 1 aliphatic heterocycles. The number of piperidine rings is 1. The molecule has 0 spiro atoms. The van der Waals surface area contributed by atoms with E-state index in [9.17, 15) is 0 Å². The number of amidine groups is 1. The topological polar surface area (TPSA) is 73.9 Å². The van der Waals surface area contributed by atoms with Gasteiger partial charge in [0.15, 0.2) is 0 Å². The van der Waals surface area contributed by atoms with Gasteiger partial charge >= 0.3 is 0 Å². The molecular formula is C12H26N4O.